The Bertz CT molecular complexity index is 1160. The lowest BCUT2D eigenvalue weighted by molar-refractivity contribution is -0.958. The van der Waals surface area contributed by atoms with Crippen molar-refractivity contribution in [2.75, 3.05) is 19.6 Å². The second kappa shape index (κ2) is 11.0. The molecule has 0 amide bonds. The fourth-order valence-corrected chi connectivity index (χ4v) is 6.96. The van der Waals surface area contributed by atoms with E-state index < -0.39 is 5.41 Å². The highest BCUT2D eigenvalue weighted by molar-refractivity contribution is 5.85. The van der Waals surface area contributed by atoms with Crippen molar-refractivity contribution in [1.82, 2.24) is 4.98 Å². The molecule has 7 rings (SSSR count). The van der Waals surface area contributed by atoms with Gasteiger partial charge >= 0.3 is 5.97 Å². The fourth-order valence-electron chi connectivity index (χ4n) is 6.96. The standard InChI is InChI=1S/C31H37N2O3.ClH/c34-30(31(17-9-1-2-10-18-31)26-13-7-4-8-14-26)36-28-22-33(19-15-24(28)16-20-33)21-27-23-35-29(32-27)25-11-5-3-6-12-25;/h3-8,11-14,23-24,28H,1-2,9-10,15-22H2;1H/q+1;/t24?,28-,33?;/m0./s1. The van der Waals surface area contributed by atoms with E-state index in [0.29, 0.717) is 11.8 Å². The highest BCUT2D eigenvalue weighted by atomic mass is 35.5. The monoisotopic (exact) mass is 521 g/mol. The molecule has 2 bridgehead atoms. The number of rotatable bonds is 6. The molecule has 4 fully saturated rings. The van der Waals surface area contributed by atoms with Crippen molar-refractivity contribution in [3.63, 3.8) is 0 Å². The molecule has 0 N–H and O–H groups in total. The van der Waals surface area contributed by atoms with E-state index >= 15 is 0 Å². The van der Waals surface area contributed by atoms with Gasteiger partial charge in [-0.2, -0.15) is 0 Å². The van der Waals surface area contributed by atoms with Crippen molar-refractivity contribution in [2.45, 2.75) is 69.4 Å². The number of ether oxygens (including phenoxy) is 1. The fraction of sp³-hybridized carbons (Fsp3) is 0.484. The van der Waals surface area contributed by atoms with Crippen LogP contribution in [-0.2, 0) is 21.5 Å². The van der Waals surface area contributed by atoms with Gasteiger partial charge in [0.05, 0.1) is 18.5 Å². The summed E-state index contributed by atoms with van der Waals surface area (Å²) in [5, 5.41) is 0. The molecule has 4 heterocycles. The van der Waals surface area contributed by atoms with Crippen LogP contribution in [0.15, 0.2) is 71.3 Å². The highest BCUT2D eigenvalue weighted by Crippen LogP contribution is 2.42. The Labute approximate surface area is 226 Å². The maximum atomic E-state index is 14.0. The van der Waals surface area contributed by atoms with Gasteiger partial charge < -0.3 is 13.6 Å². The van der Waals surface area contributed by atoms with E-state index in [-0.39, 0.29) is 24.5 Å². The number of carbonyl (C=O) groups excluding carboxylic acids is 1. The average molecular weight is 522 g/mol. The van der Waals surface area contributed by atoms with Crippen molar-refractivity contribution in [3.05, 3.63) is 78.2 Å². The molecule has 0 spiro atoms. The molecular formula is C31H38ClN2O3+. The second-order valence-electron chi connectivity index (χ2n) is 11.3. The van der Waals surface area contributed by atoms with E-state index in [2.05, 4.69) is 24.3 Å². The van der Waals surface area contributed by atoms with Crippen LogP contribution in [0, 0.1) is 5.92 Å². The van der Waals surface area contributed by atoms with Crippen molar-refractivity contribution < 1.29 is 18.4 Å². The molecule has 0 radical (unpaired) electrons. The number of hydrogen-bond donors (Lipinski definition) is 0. The Kier molecular flexibility index (Phi) is 7.73. The smallest absolute Gasteiger partial charge is 0.317 e. The largest absolute Gasteiger partial charge is 0.455 e. The molecule has 1 atom stereocenters. The number of fused-ring (bicyclic) bond motifs is 3. The van der Waals surface area contributed by atoms with Crippen LogP contribution in [0.25, 0.3) is 11.5 Å². The normalized spacial score (nSPS) is 26.6. The van der Waals surface area contributed by atoms with E-state index in [1.165, 1.54) is 12.8 Å². The first-order valence-electron chi connectivity index (χ1n) is 13.8. The summed E-state index contributed by atoms with van der Waals surface area (Å²) < 4.78 is 13.3. The molecule has 6 heteroatoms. The van der Waals surface area contributed by atoms with Crippen LogP contribution in [0.1, 0.15) is 62.6 Å². The average Bonchev–Trinajstić information content (AvgIpc) is 3.23. The van der Waals surface area contributed by atoms with Gasteiger partial charge in [-0.3, -0.25) is 4.79 Å². The lowest BCUT2D eigenvalue weighted by Crippen LogP contribution is -2.64. The number of quaternary nitrogens is 1. The zero-order chi connectivity index (χ0) is 24.4. The number of hydrogen-bond acceptors (Lipinski definition) is 4. The number of piperidine rings is 3. The van der Waals surface area contributed by atoms with E-state index in [1.54, 1.807) is 0 Å². The first kappa shape index (κ1) is 26.0. The van der Waals surface area contributed by atoms with E-state index in [9.17, 15) is 4.79 Å². The van der Waals surface area contributed by atoms with Crippen LogP contribution in [0.5, 0.6) is 0 Å². The molecule has 3 saturated heterocycles. The first-order valence-corrected chi connectivity index (χ1v) is 13.8. The van der Waals surface area contributed by atoms with Crippen molar-refractivity contribution in [1.29, 1.82) is 0 Å². The molecule has 3 aromatic rings. The lowest BCUT2D eigenvalue weighted by Gasteiger charge is -2.52. The van der Waals surface area contributed by atoms with Crippen LogP contribution in [-0.4, -0.2) is 41.2 Å². The van der Waals surface area contributed by atoms with Crippen molar-refractivity contribution in [2.24, 2.45) is 5.92 Å². The molecule has 0 unspecified atom stereocenters. The molecule has 196 valence electrons. The molecule has 2 aromatic carbocycles. The quantitative estimate of drug-likeness (QED) is 0.205. The van der Waals surface area contributed by atoms with E-state index in [4.69, 9.17) is 14.1 Å². The summed E-state index contributed by atoms with van der Waals surface area (Å²) in [6.45, 7) is 3.96. The van der Waals surface area contributed by atoms with Crippen LogP contribution in [0.3, 0.4) is 0 Å². The maximum absolute atomic E-state index is 14.0. The maximum Gasteiger partial charge on any atom is 0.317 e. The number of halogens is 1. The van der Waals surface area contributed by atoms with Gasteiger partial charge in [0, 0.05) is 24.3 Å². The summed E-state index contributed by atoms with van der Waals surface area (Å²) in [4.78, 5) is 18.8. The van der Waals surface area contributed by atoms with Gasteiger partial charge in [-0.15, -0.1) is 12.4 Å². The summed E-state index contributed by atoms with van der Waals surface area (Å²) in [7, 11) is 0. The summed E-state index contributed by atoms with van der Waals surface area (Å²) in [6, 6.07) is 20.5. The Morgan fingerprint density at radius 3 is 2.27 bits per heavy atom. The predicted molar refractivity (Wildman–Crippen MR) is 146 cm³/mol. The van der Waals surface area contributed by atoms with E-state index in [0.717, 1.165) is 86.0 Å². The number of aromatic nitrogens is 1. The third-order valence-electron chi connectivity index (χ3n) is 9.04. The topological polar surface area (TPSA) is 52.3 Å². The Balaban J connectivity index is 0.00000280. The van der Waals surface area contributed by atoms with Crippen molar-refractivity contribution in [3.8, 4) is 11.5 Å². The van der Waals surface area contributed by atoms with Crippen LogP contribution in [0.2, 0.25) is 0 Å². The van der Waals surface area contributed by atoms with Gasteiger partial charge in [0.2, 0.25) is 5.89 Å². The van der Waals surface area contributed by atoms with Crippen molar-refractivity contribution >= 4 is 18.4 Å². The number of carbonyl (C=O) groups is 1. The molecule has 37 heavy (non-hydrogen) atoms. The van der Waals surface area contributed by atoms with Crippen LogP contribution >= 0.6 is 12.4 Å². The Morgan fingerprint density at radius 2 is 1.59 bits per heavy atom. The summed E-state index contributed by atoms with van der Waals surface area (Å²) >= 11 is 0. The number of oxazole rings is 1. The van der Waals surface area contributed by atoms with Gasteiger partial charge in [0.25, 0.3) is 0 Å². The minimum atomic E-state index is -0.495. The van der Waals surface area contributed by atoms with Gasteiger partial charge in [-0.05, 0) is 30.5 Å². The lowest BCUT2D eigenvalue weighted by atomic mass is 9.74. The van der Waals surface area contributed by atoms with Gasteiger partial charge in [0.1, 0.15) is 25.0 Å². The van der Waals surface area contributed by atoms with Crippen LogP contribution < -0.4 is 0 Å². The third-order valence-corrected chi connectivity index (χ3v) is 9.04. The summed E-state index contributed by atoms with van der Waals surface area (Å²) in [5.41, 5.74) is 2.63. The zero-order valence-corrected chi connectivity index (χ0v) is 22.3. The SMILES string of the molecule is Cl.O=C(O[C@H]1C[N+]2(Cc3coc(-c4ccccc4)n3)CCC1CC2)C1(c2ccccc2)CCCCCC1. The summed E-state index contributed by atoms with van der Waals surface area (Å²) in [6.07, 6.45) is 10.4. The van der Waals surface area contributed by atoms with Gasteiger partial charge in [0.15, 0.2) is 6.10 Å². The van der Waals surface area contributed by atoms with Gasteiger partial charge in [-0.1, -0.05) is 74.2 Å². The van der Waals surface area contributed by atoms with E-state index in [1.807, 2.05) is 42.7 Å². The third kappa shape index (κ3) is 5.21. The van der Waals surface area contributed by atoms with Crippen LogP contribution in [0.4, 0.5) is 0 Å². The molecule has 4 aliphatic rings. The number of nitrogens with zero attached hydrogens (tertiary/aromatic N) is 2. The molecule has 5 nitrogen and oxygen atoms in total. The minimum Gasteiger partial charge on any atom is -0.455 e. The number of benzene rings is 2. The molecule has 1 aliphatic carbocycles. The number of esters is 1. The molecule has 3 aliphatic heterocycles. The second-order valence-corrected chi connectivity index (χ2v) is 11.3. The molecular weight excluding hydrogens is 484 g/mol. The van der Waals surface area contributed by atoms with Gasteiger partial charge in [-0.25, -0.2) is 4.98 Å². The zero-order valence-electron chi connectivity index (χ0n) is 21.5. The minimum absolute atomic E-state index is 0. The molecule has 1 saturated carbocycles. The molecule has 1 aromatic heterocycles. The highest BCUT2D eigenvalue weighted by Gasteiger charge is 2.50. The summed E-state index contributed by atoms with van der Waals surface area (Å²) in [5.74, 6) is 1.17. The predicted octanol–water partition coefficient (Wildman–Crippen LogP) is 6.71. The Morgan fingerprint density at radius 1 is 0.946 bits per heavy atom. The first-order chi connectivity index (χ1) is 17.7. The Hall–Kier alpha value is -2.63.